The number of hydrogen-bond donors (Lipinski definition) is 1. The molecule has 0 saturated carbocycles. The predicted octanol–water partition coefficient (Wildman–Crippen LogP) is 2.74. The van der Waals surface area contributed by atoms with Gasteiger partial charge in [0.1, 0.15) is 17.2 Å². The molecule has 0 spiro atoms. The molecule has 1 aromatic heterocycles. The fourth-order valence-corrected chi connectivity index (χ4v) is 2.80. The van der Waals surface area contributed by atoms with Gasteiger partial charge in [-0.2, -0.15) is 0 Å². The van der Waals surface area contributed by atoms with E-state index in [4.69, 9.17) is 10.2 Å². The SMILES string of the molecule is CC1(CN)CCN(Cc2cc3cc(F)ccc3o2)C1. The third kappa shape index (κ3) is 2.51. The van der Waals surface area contributed by atoms with Gasteiger partial charge in [-0.3, -0.25) is 4.90 Å². The lowest BCUT2D eigenvalue weighted by atomic mass is 9.90. The molecule has 0 aliphatic carbocycles. The maximum absolute atomic E-state index is 13.1. The van der Waals surface area contributed by atoms with Crippen LogP contribution in [0.25, 0.3) is 11.0 Å². The van der Waals surface area contributed by atoms with Crippen molar-refractivity contribution in [1.29, 1.82) is 0 Å². The van der Waals surface area contributed by atoms with E-state index < -0.39 is 0 Å². The summed E-state index contributed by atoms with van der Waals surface area (Å²) in [7, 11) is 0. The lowest BCUT2D eigenvalue weighted by Crippen LogP contribution is -2.31. The summed E-state index contributed by atoms with van der Waals surface area (Å²) in [6, 6.07) is 6.55. The van der Waals surface area contributed by atoms with E-state index >= 15 is 0 Å². The lowest BCUT2D eigenvalue weighted by Gasteiger charge is -2.21. The summed E-state index contributed by atoms with van der Waals surface area (Å²) >= 11 is 0. The minimum absolute atomic E-state index is 0.220. The number of rotatable bonds is 3. The van der Waals surface area contributed by atoms with Crippen LogP contribution in [0.1, 0.15) is 19.1 Å². The van der Waals surface area contributed by atoms with E-state index in [0.29, 0.717) is 0 Å². The Labute approximate surface area is 112 Å². The van der Waals surface area contributed by atoms with E-state index in [0.717, 1.165) is 49.3 Å². The first-order valence-electron chi connectivity index (χ1n) is 6.68. The number of benzene rings is 1. The Kier molecular flexibility index (Phi) is 3.07. The highest BCUT2D eigenvalue weighted by atomic mass is 19.1. The minimum Gasteiger partial charge on any atom is -0.460 e. The van der Waals surface area contributed by atoms with E-state index in [9.17, 15) is 4.39 Å². The first kappa shape index (κ1) is 12.6. The highest BCUT2D eigenvalue weighted by Crippen LogP contribution is 2.30. The minimum atomic E-state index is -0.225. The summed E-state index contributed by atoms with van der Waals surface area (Å²) in [5.41, 5.74) is 6.78. The van der Waals surface area contributed by atoms with Crippen LogP contribution in [0.3, 0.4) is 0 Å². The Bertz CT molecular complexity index is 595. The summed E-state index contributed by atoms with van der Waals surface area (Å²) in [4.78, 5) is 2.35. The van der Waals surface area contributed by atoms with Gasteiger partial charge < -0.3 is 10.2 Å². The monoisotopic (exact) mass is 262 g/mol. The molecule has 19 heavy (non-hydrogen) atoms. The zero-order valence-electron chi connectivity index (χ0n) is 11.2. The fourth-order valence-electron chi connectivity index (χ4n) is 2.80. The zero-order chi connectivity index (χ0) is 13.5. The highest BCUT2D eigenvalue weighted by Gasteiger charge is 2.32. The molecule has 2 heterocycles. The number of fused-ring (bicyclic) bond motifs is 1. The third-order valence-corrected chi connectivity index (χ3v) is 4.04. The van der Waals surface area contributed by atoms with Gasteiger partial charge in [-0.25, -0.2) is 4.39 Å². The first-order valence-corrected chi connectivity index (χ1v) is 6.68. The van der Waals surface area contributed by atoms with Crippen LogP contribution < -0.4 is 5.73 Å². The van der Waals surface area contributed by atoms with E-state index in [1.807, 2.05) is 6.07 Å². The molecule has 0 radical (unpaired) electrons. The van der Waals surface area contributed by atoms with Crippen molar-refractivity contribution in [2.45, 2.75) is 19.9 Å². The van der Waals surface area contributed by atoms with Gasteiger partial charge in [-0.1, -0.05) is 6.92 Å². The molecule has 102 valence electrons. The number of nitrogens with two attached hydrogens (primary N) is 1. The molecule has 3 nitrogen and oxygen atoms in total. The molecular formula is C15H19FN2O. The van der Waals surface area contributed by atoms with Gasteiger partial charge in [0.2, 0.25) is 0 Å². The van der Waals surface area contributed by atoms with Crippen molar-refractivity contribution in [1.82, 2.24) is 4.90 Å². The average Bonchev–Trinajstić information content (AvgIpc) is 2.93. The Morgan fingerprint density at radius 2 is 2.26 bits per heavy atom. The summed E-state index contributed by atoms with van der Waals surface area (Å²) < 4.78 is 18.9. The summed E-state index contributed by atoms with van der Waals surface area (Å²) in [6.45, 7) is 5.75. The van der Waals surface area contributed by atoms with Gasteiger partial charge in [0.15, 0.2) is 0 Å². The molecule has 3 rings (SSSR count). The highest BCUT2D eigenvalue weighted by molar-refractivity contribution is 5.77. The van der Waals surface area contributed by atoms with Crippen LogP contribution >= 0.6 is 0 Å². The van der Waals surface area contributed by atoms with Gasteiger partial charge >= 0.3 is 0 Å². The summed E-state index contributed by atoms with van der Waals surface area (Å²) in [5, 5.41) is 0.829. The average molecular weight is 262 g/mol. The second kappa shape index (κ2) is 4.62. The van der Waals surface area contributed by atoms with E-state index in [1.165, 1.54) is 12.1 Å². The lowest BCUT2D eigenvalue weighted by molar-refractivity contribution is 0.258. The van der Waals surface area contributed by atoms with E-state index in [-0.39, 0.29) is 11.2 Å². The van der Waals surface area contributed by atoms with E-state index in [2.05, 4.69) is 11.8 Å². The third-order valence-electron chi connectivity index (χ3n) is 4.04. The molecule has 1 atom stereocenters. The van der Waals surface area contributed by atoms with Crippen molar-refractivity contribution in [2.75, 3.05) is 19.6 Å². The van der Waals surface area contributed by atoms with Crippen LogP contribution in [-0.2, 0) is 6.54 Å². The van der Waals surface area contributed by atoms with Gasteiger partial charge in [0, 0.05) is 11.9 Å². The van der Waals surface area contributed by atoms with Crippen LogP contribution in [0.5, 0.6) is 0 Å². The predicted molar refractivity (Wildman–Crippen MR) is 73.2 cm³/mol. The van der Waals surface area contributed by atoms with Gasteiger partial charge in [0.25, 0.3) is 0 Å². The van der Waals surface area contributed by atoms with Crippen LogP contribution in [0.2, 0.25) is 0 Å². The van der Waals surface area contributed by atoms with Crippen molar-refractivity contribution in [3.05, 3.63) is 35.8 Å². The molecule has 0 amide bonds. The van der Waals surface area contributed by atoms with E-state index in [1.54, 1.807) is 6.07 Å². The molecule has 1 aliphatic rings. The van der Waals surface area contributed by atoms with Crippen molar-refractivity contribution >= 4 is 11.0 Å². The Morgan fingerprint density at radius 3 is 3.00 bits per heavy atom. The fraction of sp³-hybridized carbons (Fsp3) is 0.467. The molecule has 1 saturated heterocycles. The molecule has 2 aromatic rings. The van der Waals surface area contributed by atoms with Gasteiger partial charge in [0.05, 0.1) is 6.54 Å². The molecular weight excluding hydrogens is 243 g/mol. The Morgan fingerprint density at radius 1 is 1.42 bits per heavy atom. The number of nitrogens with zero attached hydrogens (tertiary/aromatic N) is 1. The maximum Gasteiger partial charge on any atom is 0.134 e. The first-order chi connectivity index (χ1) is 9.08. The molecule has 1 aromatic carbocycles. The zero-order valence-corrected chi connectivity index (χ0v) is 11.2. The van der Waals surface area contributed by atoms with Crippen molar-refractivity contribution < 1.29 is 8.81 Å². The molecule has 1 unspecified atom stereocenters. The molecule has 2 N–H and O–H groups in total. The van der Waals surface area contributed by atoms with Gasteiger partial charge in [-0.15, -0.1) is 0 Å². The second-order valence-electron chi connectivity index (χ2n) is 5.87. The van der Waals surface area contributed by atoms with Crippen LogP contribution in [0.4, 0.5) is 4.39 Å². The largest absolute Gasteiger partial charge is 0.460 e. The molecule has 1 aliphatic heterocycles. The number of halogens is 1. The topological polar surface area (TPSA) is 42.4 Å². The molecule has 4 heteroatoms. The van der Waals surface area contributed by atoms with Crippen LogP contribution in [0, 0.1) is 11.2 Å². The Hall–Kier alpha value is -1.39. The number of furan rings is 1. The van der Waals surface area contributed by atoms with Gasteiger partial charge in [-0.05, 0) is 49.2 Å². The normalized spacial score (nSPS) is 24.4. The number of hydrogen-bond acceptors (Lipinski definition) is 3. The smallest absolute Gasteiger partial charge is 0.134 e. The Balaban J connectivity index is 1.75. The summed E-state index contributed by atoms with van der Waals surface area (Å²) in [6.07, 6.45) is 1.12. The van der Waals surface area contributed by atoms with Crippen LogP contribution in [-0.4, -0.2) is 24.5 Å². The second-order valence-corrected chi connectivity index (χ2v) is 5.87. The molecule has 0 bridgehead atoms. The summed E-state index contributed by atoms with van der Waals surface area (Å²) in [5.74, 6) is 0.665. The van der Waals surface area contributed by atoms with Crippen molar-refractivity contribution in [3.63, 3.8) is 0 Å². The van der Waals surface area contributed by atoms with Crippen molar-refractivity contribution in [3.8, 4) is 0 Å². The number of likely N-dealkylation sites (tertiary alicyclic amines) is 1. The van der Waals surface area contributed by atoms with Crippen molar-refractivity contribution in [2.24, 2.45) is 11.1 Å². The standard InChI is InChI=1S/C15H19FN2O/c1-15(9-17)4-5-18(10-15)8-13-7-11-6-12(16)2-3-14(11)19-13/h2-3,6-7H,4-5,8-10,17H2,1H3. The quantitative estimate of drug-likeness (QED) is 0.924. The molecule has 1 fully saturated rings. The maximum atomic E-state index is 13.1. The van der Waals surface area contributed by atoms with Crippen LogP contribution in [0.15, 0.2) is 28.7 Å².